The average molecular weight is 337 g/mol. The second-order valence-corrected chi connectivity index (χ2v) is 5.35. The summed E-state index contributed by atoms with van der Waals surface area (Å²) < 4.78 is 10.2. The molecule has 1 rings (SSSR count). The molecular formula is C17H23NO6. The Hall–Kier alpha value is -2.44. The second kappa shape index (κ2) is 10.4. The van der Waals surface area contributed by atoms with E-state index in [0.29, 0.717) is 18.4 Å². The van der Waals surface area contributed by atoms with Crippen molar-refractivity contribution in [2.45, 2.75) is 32.6 Å². The lowest BCUT2D eigenvalue weighted by Crippen LogP contribution is -2.36. The van der Waals surface area contributed by atoms with E-state index in [0.717, 1.165) is 0 Å². The number of carbonyl (C=O) groups excluding carboxylic acids is 2. The van der Waals surface area contributed by atoms with Gasteiger partial charge in [-0.3, -0.25) is 19.7 Å². The highest BCUT2D eigenvalue weighted by Crippen LogP contribution is 2.28. The van der Waals surface area contributed by atoms with Crippen molar-refractivity contribution < 1.29 is 24.0 Å². The minimum absolute atomic E-state index is 0.149. The number of rotatable bonds is 10. The van der Waals surface area contributed by atoms with Crippen molar-refractivity contribution in [3.05, 3.63) is 46.0 Å². The lowest BCUT2D eigenvalue weighted by molar-refractivity contribution is -0.484. The summed E-state index contributed by atoms with van der Waals surface area (Å²) in [5.74, 6) is -3.85. The highest BCUT2D eigenvalue weighted by molar-refractivity contribution is 5.96. The van der Waals surface area contributed by atoms with E-state index in [9.17, 15) is 19.7 Å². The van der Waals surface area contributed by atoms with E-state index in [2.05, 4.69) is 0 Å². The fraction of sp³-hybridized carbons (Fsp3) is 0.529. The molecule has 1 atom stereocenters. The quantitative estimate of drug-likeness (QED) is 0.282. The molecule has 0 spiro atoms. The summed E-state index contributed by atoms with van der Waals surface area (Å²) >= 11 is 0. The van der Waals surface area contributed by atoms with Crippen LogP contribution in [0.25, 0.3) is 0 Å². The third-order valence-electron chi connectivity index (χ3n) is 3.38. The van der Waals surface area contributed by atoms with Gasteiger partial charge in [-0.15, -0.1) is 0 Å². The van der Waals surface area contributed by atoms with Gasteiger partial charge in [-0.2, -0.15) is 0 Å². The zero-order valence-corrected chi connectivity index (χ0v) is 14.0. The van der Waals surface area contributed by atoms with Gasteiger partial charge in [-0.05, 0) is 18.4 Å². The molecule has 7 nitrogen and oxygen atoms in total. The van der Waals surface area contributed by atoms with Crippen LogP contribution in [-0.4, -0.2) is 36.6 Å². The molecule has 0 saturated carbocycles. The molecule has 132 valence electrons. The maximum Gasteiger partial charge on any atom is 0.321 e. The van der Waals surface area contributed by atoms with Crippen molar-refractivity contribution in [2.75, 3.05) is 19.8 Å². The molecule has 0 fully saturated rings. The third-order valence-corrected chi connectivity index (χ3v) is 3.38. The molecular weight excluding hydrogens is 314 g/mol. The average Bonchev–Trinajstić information content (AvgIpc) is 2.57. The van der Waals surface area contributed by atoms with Crippen LogP contribution in [0, 0.1) is 16.0 Å². The maximum atomic E-state index is 12.4. The van der Waals surface area contributed by atoms with Gasteiger partial charge in [0.15, 0.2) is 5.92 Å². The first-order chi connectivity index (χ1) is 11.5. The van der Waals surface area contributed by atoms with E-state index >= 15 is 0 Å². The number of carbonyl (C=O) groups is 2. The van der Waals surface area contributed by atoms with E-state index in [1.807, 2.05) is 13.8 Å². The first-order valence-electron chi connectivity index (χ1n) is 8.01. The van der Waals surface area contributed by atoms with Gasteiger partial charge in [0.1, 0.15) is 0 Å². The standard InChI is InChI=1S/C17H23NO6/c1-3-10-23-16(19)15(17(20)24-11-4-2)14(12-18(21)22)13-8-6-5-7-9-13/h5-9,14-15H,3-4,10-12H2,1-2H3/t14-/m0/s1. The van der Waals surface area contributed by atoms with Gasteiger partial charge < -0.3 is 9.47 Å². The number of hydrogen-bond acceptors (Lipinski definition) is 6. The van der Waals surface area contributed by atoms with Crippen LogP contribution in [0.4, 0.5) is 0 Å². The predicted molar refractivity (Wildman–Crippen MR) is 87.0 cm³/mol. The van der Waals surface area contributed by atoms with Gasteiger partial charge >= 0.3 is 11.9 Å². The van der Waals surface area contributed by atoms with Crippen LogP contribution < -0.4 is 0 Å². The van der Waals surface area contributed by atoms with Crippen LogP contribution in [0.5, 0.6) is 0 Å². The lowest BCUT2D eigenvalue weighted by Gasteiger charge is -2.22. The molecule has 0 saturated heterocycles. The molecule has 0 amide bonds. The van der Waals surface area contributed by atoms with Gasteiger partial charge in [0.25, 0.3) is 0 Å². The molecule has 1 aromatic carbocycles. The van der Waals surface area contributed by atoms with Crippen molar-refractivity contribution in [2.24, 2.45) is 5.92 Å². The smallest absolute Gasteiger partial charge is 0.321 e. The zero-order chi connectivity index (χ0) is 17.9. The Morgan fingerprint density at radius 1 is 1.04 bits per heavy atom. The van der Waals surface area contributed by atoms with Crippen LogP contribution >= 0.6 is 0 Å². The normalized spacial score (nSPS) is 11.8. The lowest BCUT2D eigenvalue weighted by atomic mass is 9.86. The molecule has 0 N–H and O–H groups in total. The summed E-state index contributed by atoms with van der Waals surface area (Å²) in [5.41, 5.74) is 0.529. The summed E-state index contributed by atoms with van der Waals surface area (Å²) in [6.45, 7) is 3.39. The van der Waals surface area contributed by atoms with Gasteiger partial charge in [-0.1, -0.05) is 44.2 Å². The Morgan fingerprint density at radius 3 is 1.96 bits per heavy atom. The number of benzene rings is 1. The molecule has 7 heteroatoms. The molecule has 0 aromatic heterocycles. The van der Waals surface area contributed by atoms with Crippen molar-refractivity contribution in [3.8, 4) is 0 Å². The van der Waals surface area contributed by atoms with Crippen LogP contribution in [0.3, 0.4) is 0 Å². The molecule has 24 heavy (non-hydrogen) atoms. The van der Waals surface area contributed by atoms with Crippen LogP contribution in [0.15, 0.2) is 30.3 Å². The Kier molecular flexibility index (Phi) is 8.46. The van der Waals surface area contributed by atoms with Crippen molar-refractivity contribution in [1.29, 1.82) is 0 Å². The van der Waals surface area contributed by atoms with Crippen molar-refractivity contribution >= 4 is 11.9 Å². The van der Waals surface area contributed by atoms with E-state index < -0.39 is 35.2 Å². The summed E-state index contributed by atoms with van der Waals surface area (Å²) in [6, 6.07) is 8.47. The maximum absolute atomic E-state index is 12.4. The number of esters is 2. The van der Waals surface area contributed by atoms with Crippen LogP contribution in [-0.2, 0) is 19.1 Å². The first-order valence-corrected chi connectivity index (χ1v) is 8.01. The molecule has 0 radical (unpaired) electrons. The Bertz CT molecular complexity index is 525. The highest BCUT2D eigenvalue weighted by atomic mass is 16.6. The summed E-state index contributed by atoms with van der Waals surface area (Å²) in [4.78, 5) is 35.2. The Labute approximate surface area is 141 Å². The van der Waals surface area contributed by atoms with Crippen LogP contribution in [0.2, 0.25) is 0 Å². The van der Waals surface area contributed by atoms with Crippen LogP contribution in [0.1, 0.15) is 38.2 Å². The van der Waals surface area contributed by atoms with E-state index in [-0.39, 0.29) is 13.2 Å². The van der Waals surface area contributed by atoms with E-state index in [1.54, 1.807) is 30.3 Å². The molecule has 0 heterocycles. The molecule has 1 aromatic rings. The van der Waals surface area contributed by atoms with Gasteiger partial charge in [0.2, 0.25) is 6.54 Å². The number of hydrogen-bond donors (Lipinski definition) is 0. The number of nitrogens with zero attached hydrogens (tertiary/aromatic N) is 1. The fourth-order valence-electron chi connectivity index (χ4n) is 2.27. The fourth-order valence-corrected chi connectivity index (χ4v) is 2.27. The van der Waals surface area contributed by atoms with Gasteiger partial charge in [0, 0.05) is 4.92 Å². The first kappa shape index (κ1) is 19.6. The largest absolute Gasteiger partial charge is 0.465 e. The SMILES string of the molecule is CCCOC(=O)C(C(=O)OCCC)[C@@H](C[N+](=O)[O-])c1ccccc1. The number of ether oxygens (including phenoxy) is 2. The summed E-state index contributed by atoms with van der Waals surface area (Å²) in [6.07, 6.45) is 1.18. The molecule has 0 aliphatic rings. The van der Waals surface area contributed by atoms with Gasteiger partial charge in [-0.25, -0.2) is 0 Å². The predicted octanol–water partition coefficient (Wildman–Crippen LogP) is 2.57. The van der Waals surface area contributed by atoms with Crippen molar-refractivity contribution in [3.63, 3.8) is 0 Å². The Morgan fingerprint density at radius 2 is 1.54 bits per heavy atom. The van der Waals surface area contributed by atoms with E-state index in [1.165, 1.54) is 0 Å². The zero-order valence-electron chi connectivity index (χ0n) is 14.0. The molecule has 0 bridgehead atoms. The molecule has 0 aliphatic carbocycles. The molecule has 0 aliphatic heterocycles. The van der Waals surface area contributed by atoms with E-state index in [4.69, 9.17) is 9.47 Å². The molecule has 0 unspecified atom stereocenters. The minimum Gasteiger partial charge on any atom is -0.465 e. The summed E-state index contributed by atoms with van der Waals surface area (Å²) in [7, 11) is 0. The van der Waals surface area contributed by atoms with Crippen molar-refractivity contribution in [1.82, 2.24) is 0 Å². The second-order valence-electron chi connectivity index (χ2n) is 5.35. The third kappa shape index (κ3) is 5.98. The number of nitro groups is 1. The van der Waals surface area contributed by atoms with Gasteiger partial charge in [0.05, 0.1) is 19.1 Å². The topological polar surface area (TPSA) is 95.7 Å². The Balaban J connectivity index is 3.15. The monoisotopic (exact) mass is 337 g/mol. The summed E-state index contributed by atoms with van der Waals surface area (Å²) in [5, 5.41) is 11.1. The minimum atomic E-state index is -1.35. The highest BCUT2D eigenvalue weighted by Gasteiger charge is 2.41.